The largest absolute Gasteiger partial charge is 0.508 e. The Balaban J connectivity index is 0.000000175. The van der Waals surface area contributed by atoms with Gasteiger partial charge in [-0.05, 0) is 109 Å². The molecule has 0 bridgehead atoms. The summed E-state index contributed by atoms with van der Waals surface area (Å²) < 4.78 is 28.5. The minimum atomic E-state index is -2.75. The number of primary amides is 1. The van der Waals surface area contributed by atoms with Gasteiger partial charge in [-0.15, -0.1) is 0 Å². The van der Waals surface area contributed by atoms with Gasteiger partial charge in [0, 0.05) is 53.4 Å². The lowest BCUT2D eigenvalue weighted by Crippen LogP contribution is -2.67. The molecule has 23 heteroatoms. The number of nitrogens with two attached hydrogens (primary N) is 1. The van der Waals surface area contributed by atoms with E-state index in [-0.39, 0.29) is 46.3 Å². The number of carbonyl (C=O) groups excluding carboxylic acids is 4. The summed E-state index contributed by atoms with van der Waals surface area (Å²) in [5.74, 6) is -6.29. The van der Waals surface area contributed by atoms with Crippen LogP contribution in [0.15, 0.2) is 70.7 Å². The summed E-state index contributed by atoms with van der Waals surface area (Å²) >= 11 is 6.18. The second kappa shape index (κ2) is 23.7. The van der Waals surface area contributed by atoms with Crippen molar-refractivity contribution < 1.29 is 68.2 Å². The highest BCUT2D eigenvalue weighted by molar-refractivity contribution is 7.84. The second-order valence-corrected chi connectivity index (χ2v) is 22.0. The van der Waals surface area contributed by atoms with Crippen molar-refractivity contribution in [3.8, 4) is 28.7 Å². The molecule has 3 aliphatic carbocycles. The average Bonchev–Trinajstić information content (AvgIpc) is 4.24. The van der Waals surface area contributed by atoms with Crippen molar-refractivity contribution in [1.29, 1.82) is 0 Å². The third kappa shape index (κ3) is 10.9. The number of aliphatic hydroxyl groups excluding tert-OH is 2. The van der Waals surface area contributed by atoms with Crippen molar-refractivity contribution in [2.45, 2.75) is 94.5 Å². The molecule has 1 saturated carbocycles. The number of phenolic OH excluding ortho intramolecular Hbond substituents is 2. The van der Waals surface area contributed by atoms with E-state index in [1.165, 1.54) is 51.2 Å². The quantitative estimate of drug-likeness (QED) is 0.0670. The second-order valence-electron chi connectivity index (χ2n) is 20.2. The monoisotopic (exact) mass is 1130 g/mol. The minimum absolute atomic E-state index is 0.0509. The van der Waals surface area contributed by atoms with Crippen LogP contribution in [0.25, 0.3) is 16.8 Å². The molecule has 424 valence electrons. The Morgan fingerprint density at radius 3 is 2.33 bits per heavy atom. The summed E-state index contributed by atoms with van der Waals surface area (Å²) in [5.41, 5.74) is 4.37. The smallest absolute Gasteiger partial charge is 0.258 e. The van der Waals surface area contributed by atoms with E-state index in [0.717, 1.165) is 65.3 Å². The number of ketones is 2. The zero-order chi connectivity index (χ0) is 58.2. The highest BCUT2D eigenvalue weighted by Gasteiger charge is 2.66. The number of imidazole rings is 1. The number of likely N-dealkylation sites (tertiary alicyclic amines) is 1. The van der Waals surface area contributed by atoms with E-state index in [1.807, 2.05) is 39.0 Å². The summed E-state index contributed by atoms with van der Waals surface area (Å²) in [5, 5.41) is 69.0. The highest BCUT2D eigenvalue weighted by Crippen LogP contribution is 2.57. The van der Waals surface area contributed by atoms with Crippen molar-refractivity contribution in [3.05, 3.63) is 110 Å². The molecule has 79 heavy (non-hydrogen) atoms. The number of pyridine rings is 1. The van der Waals surface area contributed by atoms with Gasteiger partial charge in [-0.1, -0.05) is 37.6 Å². The molecule has 5 aromatic rings. The molecule has 1 aliphatic heterocycles. The Labute approximate surface area is 464 Å². The van der Waals surface area contributed by atoms with Gasteiger partial charge >= 0.3 is 0 Å². The van der Waals surface area contributed by atoms with Crippen molar-refractivity contribution in [3.63, 3.8) is 0 Å². The molecule has 2 fully saturated rings. The van der Waals surface area contributed by atoms with E-state index < -0.39 is 85.8 Å². The Morgan fingerprint density at radius 2 is 1.71 bits per heavy atom. The molecule has 9 rings (SSSR count). The van der Waals surface area contributed by atoms with Crippen molar-refractivity contribution in [1.82, 2.24) is 30.1 Å². The number of ether oxygens (including phenoxy) is 3. The Hall–Kier alpha value is -7.08. The number of aromatic nitrogens is 3. The number of aromatic amines is 1. The van der Waals surface area contributed by atoms with Crippen molar-refractivity contribution >= 4 is 62.6 Å². The first-order chi connectivity index (χ1) is 37.3. The molecule has 1 saturated heterocycles. The summed E-state index contributed by atoms with van der Waals surface area (Å²) in [6.07, 6.45) is 4.35. The number of hydrogen-bond acceptors (Lipinski definition) is 18. The topological polar surface area (TPSA) is 321 Å². The zero-order valence-electron chi connectivity index (χ0n) is 45.7. The van der Waals surface area contributed by atoms with Gasteiger partial charge in [-0.25, -0.2) is 4.98 Å². The zero-order valence-corrected chi connectivity index (χ0v) is 47.3. The van der Waals surface area contributed by atoms with Crippen molar-refractivity contribution in [2.75, 3.05) is 55.1 Å². The molecule has 4 aliphatic rings. The number of phenols is 2. The number of aliphatic hydroxyl groups is 4. The average molecular weight is 1130 g/mol. The predicted molar refractivity (Wildman–Crippen MR) is 295 cm³/mol. The van der Waals surface area contributed by atoms with Crippen LogP contribution in [0.2, 0.25) is 5.02 Å². The third-order valence-electron chi connectivity index (χ3n) is 15.4. The van der Waals surface area contributed by atoms with Gasteiger partial charge in [-0.3, -0.25) is 38.2 Å². The molecule has 3 heterocycles. The van der Waals surface area contributed by atoms with Gasteiger partial charge in [0.2, 0.25) is 5.78 Å². The molecular formula is C56H68ClN7O14S. The molecule has 3 aromatic carbocycles. The summed E-state index contributed by atoms with van der Waals surface area (Å²) in [6.45, 7) is 11.9. The van der Waals surface area contributed by atoms with Crippen LogP contribution in [0.4, 0.5) is 0 Å². The molecule has 0 spiro atoms. The first kappa shape index (κ1) is 59.6. The van der Waals surface area contributed by atoms with Crippen LogP contribution in [-0.2, 0) is 43.0 Å². The number of methoxy groups -OCH3 is 3. The number of hydrogen-bond donors (Lipinski definition) is 9. The lowest BCUT2D eigenvalue weighted by Gasteiger charge is -2.53. The van der Waals surface area contributed by atoms with Gasteiger partial charge in [0.1, 0.15) is 45.7 Å². The molecule has 2 aromatic heterocycles. The normalized spacial score (nSPS) is 23.0. The van der Waals surface area contributed by atoms with Gasteiger partial charge in [-0.2, -0.15) is 0 Å². The van der Waals surface area contributed by atoms with Crippen LogP contribution >= 0.6 is 11.6 Å². The van der Waals surface area contributed by atoms with E-state index in [9.17, 15) is 54.0 Å². The number of benzene rings is 3. The molecule has 0 radical (unpaired) electrons. The van der Waals surface area contributed by atoms with E-state index in [0.29, 0.717) is 34.7 Å². The summed E-state index contributed by atoms with van der Waals surface area (Å²) in [6, 6.07) is 10.5. The molecule has 7 atom stereocenters. The predicted octanol–water partition coefficient (Wildman–Crippen LogP) is 5.36. The van der Waals surface area contributed by atoms with Gasteiger partial charge in [0.25, 0.3) is 11.8 Å². The number of rotatable bonds is 13. The SMILES string of the molecule is CCc1cc(Cl)c(OC)c(C(=O)NC[C@@H]2CCCN2CC)c1O.CN(C)[C@@H]1C(=O)C(C(N)=O)=C(O)[C@@]2(O)C(=O)C3=C(O)c4c(O)cccc4[C@@](C)(O)[C@H]3C[C@@H]12.COc1ccc2nc(S(=O)Cc3ncc(C)c(OC)c3C)[nH]c2c1. The number of likely N-dealkylation sites (N-methyl/N-ethyl adjacent to an activating group) is 2. The third-order valence-corrected chi connectivity index (χ3v) is 16.9. The van der Waals surface area contributed by atoms with Crippen LogP contribution in [0.1, 0.15) is 83.9 Å². The summed E-state index contributed by atoms with van der Waals surface area (Å²) in [4.78, 5) is 66.8. The first-order valence-corrected chi connectivity index (χ1v) is 27.2. The number of nitrogens with zero attached hydrogens (tertiary/aromatic N) is 4. The van der Waals surface area contributed by atoms with Gasteiger partial charge < -0.3 is 60.9 Å². The molecule has 1 unspecified atom stereocenters. The lowest BCUT2D eigenvalue weighted by molar-refractivity contribution is -0.159. The standard InChI is InChI=1S/C22H24N2O8.C17H25ClN2O3.C17H19N3O3S/c1-21(31)8-5-4-6-11(25)12(8)16(26)13-9(21)7-10-15(24(2)3)17(27)14(20(23)30)19(29)22(10,32)18(13)28;1-4-11-9-13(18)16(23-3)14(15(11)21)17(22)19-10-12-7-6-8-20(12)5-2;1-10-8-18-15(11(2)16(10)23-4)9-24(21)17-19-13-6-5-12(22-3)7-14(13)20-17/h4-6,9-10,15,25-26,29,31-32H,7H2,1-3H3,(H2,23,30);9,12,21H,4-8,10H2,1-3H3,(H,19,22);5-8H,9H2,1-4H3,(H,19,20)/t9-,10-,15-,21+,22-;12-;/m00./s1. The summed E-state index contributed by atoms with van der Waals surface area (Å²) in [7, 11) is 6.36. The van der Waals surface area contributed by atoms with Gasteiger partial charge in [0.05, 0.1) is 76.8 Å². The fraction of sp³-hybridized carbons (Fsp3) is 0.429. The van der Waals surface area contributed by atoms with E-state index >= 15 is 0 Å². The van der Waals surface area contributed by atoms with Gasteiger partial charge in [0.15, 0.2) is 22.3 Å². The molecule has 2 amide bonds. The highest BCUT2D eigenvalue weighted by atomic mass is 35.5. The number of halogens is 1. The maximum Gasteiger partial charge on any atom is 0.258 e. The maximum absolute atomic E-state index is 13.7. The first-order valence-electron chi connectivity index (χ1n) is 25.5. The number of aryl methyl sites for hydroxylation is 2. The number of fused-ring (bicyclic) bond motifs is 4. The van der Waals surface area contributed by atoms with Crippen molar-refractivity contribution in [2.24, 2.45) is 17.6 Å². The molecule has 10 N–H and O–H groups in total. The number of aromatic hydroxyl groups is 2. The number of carbonyl (C=O) groups is 4. The van der Waals surface area contributed by atoms with E-state index in [1.54, 1.807) is 26.5 Å². The van der Waals surface area contributed by atoms with Crippen LogP contribution in [-0.4, -0.2) is 156 Å². The maximum atomic E-state index is 13.7. The minimum Gasteiger partial charge on any atom is -0.508 e. The lowest BCUT2D eigenvalue weighted by atomic mass is 9.54. The van der Waals surface area contributed by atoms with Crippen LogP contribution < -0.4 is 25.3 Å². The number of nitrogens with one attached hydrogen (secondary N) is 2. The Bertz CT molecular complexity index is 3320. The van der Waals surface area contributed by atoms with Crippen LogP contribution in [0.3, 0.4) is 0 Å². The number of Topliss-reactive ketones (excluding diaryl/α,β-unsaturated/α-hetero) is 2. The van der Waals surface area contributed by atoms with E-state index in [4.69, 9.17) is 31.5 Å². The van der Waals surface area contributed by atoms with Crippen LogP contribution in [0, 0.1) is 25.7 Å². The number of amides is 2. The Kier molecular flexibility index (Phi) is 17.9. The fourth-order valence-electron chi connectivity index (χ4n) is 11.3. The molecule has 21 nitrogen and oxygen atoms in total. The fourth-order valence-corrected chi connectivity index (χ4v) is 12.7. The van der Waals surface area contributed by atoms with Crippen LogP contribution in [0.5, 0.6) is 28.7 Å². The Morgan fingerprint density at radius 1 is 1.01 bits per heavy atom. The van der Waals surface area contributed by atoms with E-state index in [2.05, 4.69) is 32.1 Å². The molecular weight excluding hydrogens is 1060 g/mol. The number of H-pyrrole nitrogens is 1.